The van der Waals surface area contributed by atoms with Crippen LogP contribution in [0.25, 0.3) is 5.65 Å². The highest BCUT2D eigenvalue weighted by Crippen LogP contribution is 2.26. The van der Waals surface area contributed by atoms with Crippen molar-refractivity contribution in [3.05, 3.63) is 47.2 Å². The first-order chi connectivity index (χ1) is 12.9. The number of sulfone groups is 1. The van der Waals surface area contributed by atoms with Crippen molar-refractivity contribution >= 4 is 15.5 Å². The molecule has 3 aromatic heterocycles. The minimum Gasteiger partial charge on any atom is -0.312 e. The van der Waals surface area contributed by atoms with Crippen molar-refractivity contribution in [1.82, 2.24) is 29.7 Å². The van der Waals surface area contributed by atoms with E-state index in [-0.39, 0.29) is 17.5 Å². The van der Waals surface area contributed by atoms with E-state index in [1.807, 2.05) is 47.3 Å². The van der Waals surface area contributed by atoms with E-state index in [0.29, 0.717) is 13.0 Å². The summed E-state index contributed by atoms with van der Waals surface area (Å²) in [5.41, 5.74) is 4.00. The molecule has 1 aliphatic rings. The Hall–Kier alpha value is -2.26. The average molecular weight is 388 g/mol. The van der Waals surface area contributed by atoms with Gasteiger partial charge in [-0.1, -0.05) is 6.07 Å². The van der Waals surface area contributed by atoms with E-state index in [1.165, 1.54) is 0 Å². The Morgan fingerprint density at radius 3 is 2.89 bits per heavy atom. The third kappa shape index (κ3) is 3.61. The maximum Gasteiger partial charge on any atom is 0.160 e. The van der Waals surface area contributed by atoms with Gasteiger partial charge in [0, 0.05) is 37.0 Å². The molecule has 8 nitrogen and oxygen atoms in total. The molecule has 1 N–H and O–H groups in total. The van der Waals surface area contributed by atoms with Gasteiger partial charge >= 0.3 is 0 Å². The predicted octanol–water partition coefficient (Wildman–Crippen LogP) is 1.23. The molecule has 0 radical (unpaired) electrons. The highest BCUT2D eigenvalue weighted by atomic mass is 32.2. The van der Waals surface area contributed by atoms with Crippen LogP contribution in [0.15, 0.2) is 24.4 Å². The lowest BCUT2D eigenvalue weighted by atomic mass is 10.2. The minimum atomic E-state index is -2.92. The molecule has 0 saturated carbocycles. The first kappa shape index (κ1) is 18.1. The number of pyridine rings is 1. The lowest BCUT2D eigenvalue weighted by Crippen LogP contribution is -2.19. The summed E-state index contributed by atoms with van der Waals surface area (Å²) in [6.45, 7) is 5.48. The van der Waals surface area contributed by atoms with Gasteiger partial charge < -0.3 is 5.32 Å². The fourth-order valence-corrected chi connectivity index (χ4v) is 5.44. The number of rotatable bonds is 6. The molecule has 1 aliphatic heterocycles. The van der Waals surface area contributed by atoms with Gasteiger partial charge in [0.2, 0.25) is 0 Å². The maximum atomic E-state index is 11.8. The Kier molecular flexibility index (Phi) is 4.73. The monoisotopic (exact) mass is 388 g/mol. The van der Waals surface area contributed by atoms with Crippen LogP contribution in [0.1, 0.15) is 35.2 Å². The molecule has 4 rings (SSSR count). The molecule has 0 bridgehead atoms. The van der Waals surface area contributed by atoms with Crippen LogP contribution in [0.2, 0.25) is 0 Å². The summed E-state index contributed by atoms with van der Waals surface area (Å²) in [6.07, 6.45) is 3.40. The van der Waals surface area contributed by atoms with Crippen LogP contribution in [-0.4, -0.2) is 50.8 Å². The third-order valence-corrected chi connectivity index (χ3v) is 6.99. The van der Waals surface area contributed by atoms with Crippen molar-refractivity contribution in [2.24, 2.45) is 0 Å². The molecule has 0 amide bonds. The highest BCUT2D eigenvalue weighted by Gasteiger charge is 2.31. The topological polar surface area (TPSA) is 94.2 Å². The van der Waals surface area contributed by atoms with E-state index in [1.54, 1.807) is 0 Å². The number of hydrogen-bond acceptors (Lipinski definition) is 6. The fraction of sp³-hybridized carbons (Fsp3) is 0.500. The first-order valence-corrected chi connectivity index (χ1v) is 11.0. The average Bonchev–Trinajstić information content (AvgIpc) is 3.29. The molecule has 3 aromatic rings. The number of aromatic nitrogens is 5. The molecule has 144 valence electrons. The molecule has 1 fully saturated rings. The zero-order valence-corrected chi connectivity index (χ0v) is 16.4. The van der Waals surface area contributed by atoms with Crippen LogP contribution in [0.4, 0.5) is 0 Å². The molecule has 1 saturated heterocycles. The second-order valence-electron chi connectivity index (χ2n) is 7.12. The molecule has 0 spiro atoms. The van der Waals surface area contributed by atoms with Gasteiger partial charge in [0.1, 0.15) is 5.82 Å². The van der Waals surface area contributed by atoms with Gasteiger partial charge in [0.05, 0.1) is 23.2 Å². The molecule has 0 aliphatic carbocycles. The number of aryl methyl sites for hydroxylation is 1. The lowest BCUT2D eigenvalue weighted by molar-refractivity contribution is 0.485. The molecular formula is C18H24N6O2S. The summed E-state index contributed by atoms with van der Waals surface area (Å²) in [7, 11) is -2.92. The Bertz CT molecular complexity index is 1070. The van der Waals surface area contributed by atoms with Crippen LogP contribution < -0.4 is 5.32 Å². The zero-order valence-electron chi connectivity index (χ0n) is 15.6. The molecule has 0 aromatic carbocycles. The van der Waals surface area contributed by atoms with E-state index >= 15 is 0 Å². The van der Waals surface area contributed by atoms with E-state index in [4.69, 9.17) is 0 Å². The summed E-state index contributed by atoms with van der Waals surface area (Å²) in [5, 5.41) is 16.5. The smallest absolute Gasteiger partial charge is 0.160 e. The molecule has 27 heavy (non-hydrogen) atoms. The number of nitrogens with one attached hydrogen (secondary N) is 1. The number of nitrogens with zero attached hydrogens (tertiary/aromatic N) is 5. The SMILES string of the molecule is Cc1nn([C@@H]2CCS(=O)(=O)C2)c(C)c1CNCCc1nnc2ccccn12. The van der Waals surface area contributed by atoms with Gasteiger partial charge in [0.15, 0.2) is 15.5 Å². The van der Waals surface area contributed by atoms with E-state index < -0.39 is 9.84 Å². The molecule has 1 atom stereocenters. The molecule has 4 heterocycles. The predicted molar refractivity (Wildman–Crippen MR) is 102 cm³/mol. The van der Waals surface area contributed by atoms with E-state index in [2.05, 4.69) is 20.6 Å². The van der Waals surface area contributed by atoms with Gasteiger partial charge in [-0.3, -0.25) is 9.08 Å². The molecule has 9 heteroatoms. The first-order valence-electron chi connectivity index (χ1n) is 9.19. The van der Waals surface area contributed by atoms with Gasteiger partial charge in [-0.05, 0) is 32.4 Å². The normalized spacial score (nSPS) is 19.1. The van der Waals surface area contributed by atoms with Gasteiger partial charge in [-0.25, -0.2) is 8.42 Å². The van der Waals surface area contributed by atoms with Crippen molar-refractivity contribution in [2.75, 3.05) is 18.1 Å². The third-order valence-electron chi connectivity index (χ3n) is 5.24. The van der Waals surface area contributed by atoms with Crippen LogP contribution >= 0.6 is 0 Å². The van der Waals surface area contributed by atoms with Gasteiger partial charge in [-0.15, -0.1) is 10.2 Å². The van der Waals surface area contributed by atoms with Crippen molar-refractivity contribution in [3.63, 3.8) is 0 Å². The lowest BCUT2D eigenvalue weighted by Gasteiger charge is -2.11. The molecule has 0 unspecified atom stereocenters. The van der Waals surface area contributed by atoms with Gasteiger partial charge in [-0.2, -0.15) is 5.10 Å². The van der Waals surface area contributed by atoms with Crippen molar-refractivity contribution in [2.45, 2.75) is 39.3 Å². The number of hydrogen-bond donors (Lipinski definition) is 1. The summed E-state index contributed by atoms with van der Waals surface area (Å²) in [6, 6.07) is 5.82. The van der Waals surface area contributed by atoms with Crippen LogP contribution in [0.5, 0.6) is 0 Å². The standard InChI is InChI=1S/C18H24N6O2S/c1-13-16(14(2)24(22-13)15-7-10-27(25,26)12-15)11-19-8-6-18-21-20-17-5-3-4-9-23(17)18/h3-5,9,15,19H,6-8,10-12H2,1-2H3/t15-/m1/s1. The van der Waals surface area contributed by atoms with Crippen molar-refractivity contribution in [3.8, 4) is 0 Å². The van der Waals surface area contributed by atoms with Crippen LogP contribution in [0, 0.1) is 13.8 Å². The summed E-state index contributed by atoms with van der Waals surface area (Å²) >= 11 is 0. The second-order valence-corrected chi connectivity index (χ2v) is 9.35. The fourth-order valence-electron chi connectivity index (χ4n) is 3.75. The highest BCUT2D eigenvalue weighted by molar-refractivity contribution is 7.91. The Balaban J connectivity index is 1.39. The molecular weight excluding hydrogens is 364 g/mol. The minimum absolute atomic E-state index is 0.0372. The summed E-state index contributed by atoms with van der Waals surface area (Å²) < 4.78 is 27.4. The van der Waals surface area contributed by atoms with E-state index in [9.17, 15) is 8.42 Å². The van der Waals surface area contributed by atoms with Crippen molar-refractivity contribution < 1.29 is 8.42 Å². The van der Waals surface area contributed by atoms with Crippen LogP contribution in [-0.2, 0) is 22.8 Å². The largest absolute Gasteiger partial charge is 0.312 e. The quantitative estimate of drug-likeness (QED) is 0.639. The Morgan fingerprint density at radius 1 is 1.26 bits per heavy atom. The maximum absolute atomic E-state index is 11.8. The van der Waals surface area contributed by atoms with E-state index in [0.717, 1.165) is 41.4 Å². The second kappa shape index (κ2) is 7.05. The summed E-state index contributed by atoms with van der Waals surface area (Å²) in [5.74, 6) is 1.39. The van der Waals surface area contributed by atoms with Crippen LogP contribution in [0.3, 0.4) is 0 Å². The Morgan fingerprint density at radius 2 is 2.11 bits per heavy atom. The summed E-state index contributed by atoms with van der Waals surface area (Å²) in [4.78, 5) is 0. The van der Waals surface area contributed by atoms with Crippen molar-refractivity contribution in [1.29, 1.82) is 0 Å². The van der Waals surface area contributed by atoms with Gasteiger partial charge in [0.25, 0.3) is 0 Å². The number of fused-ring (bicyclic) bond motifs is 1. The Labute approximate surface area is 158 Å². The zero-order chi connectivity index (χ0) is 19.0.